The van der Waals surface area contributed by atoms with Crippen LogP contribution in [-0.2, 0) is 13.0 Å². The van der Waals surface area contributed by atoms with E-state index in [-0.39, 0.29) is 0 Å². The summed E-state index contributed by atoms with van der Waals surface area (Å²) in [6, 6.07) is 0.424. The van der Waals surface area contributed by atoms with E-state index in [9.17, 15) is 0 Å². The van der Waals surface area contributed by atoms with Gasteiger partial charge in [0.2, 0.25) is 17.4 Å². The predicted molar refractivity (Wildman–Crippen MR) is 86.7 cm³/mol. The van der Waals surface area contributed by atoms with Gasteiger partial charge >= 0.3 is 0 Å². The minimum absolute atomic E-state index is 0.424. The topological polar surface area (TPSA) is 88.5 Å². The first kappa shape index (κ1) is 15.0. The highest BCUT2D eigenvalue weighted by Gasteiger charge is 2.33. The molecule has 0 unspecified atom stereocenters. The van der Waals surface area contributed by atoms with Crippen molar-refractivity contribution in [3.05, 3.63) is 30.0 Å². The van der Waals surface area contributed by atoms with Crippen LogP contribution in [-0.4, -0.2) is 60.9 Å². The SMILES string of the molecule is CCc1nnc2c(N3CC(N(C)Cc4nnc(C)o4)C3)nccn12. The molecular weight excluding hydrogens is 308 g/mol. The minimum atomic E-state index is 0.424. The molecule has 4 heterocycles. The van der Waals surface area contributed by atoms with Crippen molar-refractivity contribution in [2.75, 3.05) is 25.0 Å². The van der Waals surface area contributed by atoms with Crippen LogP contribution in [0.25, 0.3) is 5.65 Å². The maximum Gasteiger partial charge on any atom is 0.230 e. The molecular formula is C15H20N8O. The van der Waals surface area contributed by atoms with E-state index in [1.54, 1.807) is 6.92 Å². The predicted octanol–water partition coefficient (Wildman–Crippen LogP) is 0.699. The maximum absolute atomic E-state index is 5.45. The number of fused-ring (bicyclic) bond motifs is 1. The first-order chi connectivity index (χ1) is 11.7. The standard InChI is InChI=1S/C15H20N8O/c1-4-12-18-20-15-14(16-5-6-23(12)15)22-7-11(8-22)21(3)9-13-19-17-10(2)24-13/h5-6,11H,4,7-9H2,1-3H3. The molecule has 0 aliphatic carbocycles. The summed E-state index contributed by atoms with van der Waals surface area (Å²) in [5, 5.41) is 16.4. The van der Waals surface area contributed by atoms with Gasteiger partial charge < -0.3 is 9.32 Å². The van der Waals surface area contributed by atoms with Gasteiger partial charge in [-0.05, 0) is 7.05 Å². The lowest BCUT2D eigenvalue weighted by atomic mass is 10.1. The Morgan fingerprint density at radius 1 is 1.25 bits per heavy atom. The third-order valence-electron chi connectivity index (χ3n) is 4.43. The van der Waals surface area contributed by atoms with Crippen LogP contribution < -0.4 is 4.90 Å². The van der Waals surface area contributed by atoms with Crippen LogP contribution in [0.5, 0.6) is 0 Å². The van der Waals surface area contributed by atoms with Gasteiger partial charge in [-0.2, -0.15) is 0 Å². The van der Waals surface area contributed by atoms with E-state index in [1.807, 2.05) is 16.8 Å². The van der Waals surface area contributed by atoms with Crippen LogP contribution in [0.2, 0.25) is 0 Å². The molecule has 4 rings (SSSR count). The highest BCUT2D eigenvalue weighted by Crippen LogP contribution is 2.25. The van der Waals surface area contributed by atoms with E-state index in [4.69, 9.17) is 4.42 Å². The van der Waals surface area contributed by atoms with Gasteiger partial charge in [-0.1, -0.05) is 6.92 Å². The van der Waals surface area contributed by atoms with E-state index in [0.29, 0.717) is 24.4 Å². The Morgan fingerprint density at radius 2 is 2.08 bits per heavy atom. The molecule has 0 bridgehead atoms. The van der Waals surface area contributed by atoms with Crippen LogP contribution in [0.3, 0.4) is 0 Å². The lowest BCUT2D eigenvalue weighted by Crippen LogP contribution is -2.58. The molecule has 0 atom stereocenters. The van der Waals surface area contributed by atoms with E-state index >= 15 is 0 Å². The van der Waals surface area contributed by atoms with E-state index < -0.39 is 0 Å². The molecule has 1 fully saturated rings. The molecule has 3 aromatic rings. The number of aromatic nitrogens is 6. The minimum Gasteiger partial charge on any atom is -0.424 e. The monoisotopic (exact) mass is 328 g/mol. The van der Waals surface area contributed by atoms with E-state index in [1.165, 1.54) is 0 Å². The molecule has 3 aromatic heterocycles. The van der Waals surface area contributed by atoms with Crippen molar-refractivity contribution in [1.82, 2.24) is 34.7 Å². The van der Waals surface area contributed by atoms with Crippen molar-refractivity contribution in [3.63, 3.8) is 0 Å². The molecule has 1 aliphatic rings. The molecule has 0 amide bonds. The van der Waals surface area contributed by atoms with E-state index in [2.05, 4.69) is 49.1 Å². The Hall–Kier alpha value is -2.55. The van der Waals surface area contributed by atoms with Gasteiger partial charge in [0.15, 0.2) is 5.82 Å². The first-order valence-corrected chi connectivity index (χ1v) is 8.08. The lowest BCUT2D eigenvalue weighted by Gasteiger charge is -2.44. The van der Waals surface area contributed by atoms with Gasteiger partial charge in [0.25, 0.3) is 0 Å². The second-order valence-electron chi connectivity index (χ2n) is 6.10. The average Bonchev–Trinajstić information content (AvgIpc) is 3.12. The van der Waals surface area contributed by atoms with Crippen molar-refractivity contribution < 1.29 is 4.42 Å². The normalized spacial score (nSPS) is 15.4. The summed E-state index contributed by atoms with van der Waals surface area (Å²) in [4.78, 5) is 8.95. The Bertz CT molecular complexity index is 850. The van der Waals surface area contributed by atoms with Crippen LogP contribution in [0.1, 0.15) is 24.5 Å². The number of nitrogens with zero attached hydrogens (tertiary/aromatic N) is 8. The molecule has 126 valence electrons. The zero-order valence-corrected chi connectivity index (χ0v) is 14.0. The fraction of sp³-hybridized carbons (Fsp3) is 0.533. The summed E-state index contributed by atoms with van der Waals surface area (Å²) in [5.41, 5.74) is 0.822. The van der Waals surface area contributed by atoms with Gasteiger partial charge in [-0.15, -0.1) is 20.4 Å². The van der Waals surface area contributed by atoms with Gasteiger partial charge in [0.05, 0.1) is 6.54 Å². The third kappa shape index (κ3) is 2.50. The van der Waals surface area contributed by atoms with Crippen molar-refractivity contribution in [3.8, 4) is 0 Å². The van der Waals surface area contributed by atoms with E-state index in [0.717, 1.165) is 36.8 Å². The molecule has 9 nitrogen and oxygen atoms in total. The number of likely N-dealkylation sites (N-methyl/N-ethyl adjacent to an activating group) is 1. The molecule has 0 aromatic carbocycles. The fourth-order valence-electron chi connectivity index (χ4n) is 2.98. The summed E-state index contributed by atoms with van der Waals surface area (Å²) in [7, 11) is 2.07. The molecule has 24 heavy (non-hydrogen) atoms. The Morgan fingerprint density at radius 3 is 2.79 bits per heavy atom. The maximum atomic E-state index is 5.45. The van der Waals surface area contributed by atoms with Gasteiger partial charge in [-0.3, -0.25) is 9.30 Å². The average molecular weight is 328 g/mol. The van der Waals surface area contributed by atoms with Crippen LogP contribution >= 0.6 is 0 Å². The molecule has 9 heteroatoms. The second kappa shape index (κ2) is 5.82. The zero-order valence-electron chi connectivity index (χ0n) is 14.0. The molecule has 1 saturated heterocycles. The summed E-state index contributed by atoms with van der Waals surface area (Å²) in [5.74, 6) is 3.10. The number of hydrogen-bond acceptors (Lipinski definition) is 8. The summed E-state index contributed by atoms with van der Waals surface area (Å²) in [6.07, 6.45) is 4.57. The number of aryl methyl sites for hydroxylation is 2. The number of rotatable bonds is 5. The Balaban J connectivity index is 1.45. The van der Waals surface area contributed by atoms with Gasteiger partial charge in [-0.25, -0.2) is 4.98 Å². The second-order valence-corrected chi connectivity index (χ2v) is 6.10. The Labute approximate surface area is 139 Å². The molecule has 0 radical (unpaired) electrons. The third-order valence-corrected chi connectivity index (χ3v) is 4.43. The van der Waals surface area contributed by atoms with Crippen LogP contribution in [0, 0.1) is 6.92 Å². The summed E-state index contributed by atoms with van der Waals surface area (Å²) >= 11 is 0. The number of anilines is 1. The van der Waals surface area contributed by atoms with Crippen LogP contribution in [0.4, 0.5) is 5.82 Å². The fourth-order valence-corrected chi connectivity index (χ4v) is 2.98. The van der Waals surface area contributed by atoms with Crippen molar-refractivity contribution >= 4 is 11.5 Å². The van der Waals surface area contributed by atoms with Gasteiger partial charge in [0.1, 0.15) is 5.82 Å². The van der Waals surface area contributed by atoms with Crippen LogP contribution in [0.15, 0.2) is 16.8 Å². The lowest BCUT2D eigenvalue weighted by molar-refractivity contribution is 0.180. The zero-order chi connectivity index (χ0) is 16.7. The highest BCUT2D eigenvalue weighted by molar-refractivity contribution is 5.65. The molecule has 1 aliphatic heterocycles. The molecule has 0 N–H and O–H groups in total. The first-order valence-electron chi connectivity index (χ1n) is 8.08. The largest absolute Gasteiger partial charge is 0.424 e. The highest BCUT2D eigenvalue weighted by atomic mass is 16.4. The summed E-state index contributed by atoms with van der Waals surface area (Å²) < 4.78 is 7.46. The number of hydrogen-bond donors (Lipinski definition) is 0. The van der Waals surface area contributed by atoms with Crippen molar-refractivity contribution in [2.45, 2.75) is 32.9 Å². The molecule has 0 saturated carbocycles. The van der Waals surface area contributed by atoms with Crippen molar-refractivity contribution in [2.24, 2.45) is 0 Å². The smallest absolute Gasteiger partial charge is 0.230 e. The summed E-state index contributed by atoms with van der Waals surface area (Å²) in [6.45, 7) is 6.32. The molecule has 0 spiro atoms. The van der Waals surface area contributed by atoms with Gasteiger partial charge in [0, 0.05) is 44.9 Å². The Kier molecular flexibility index (Phi) is 3.64. The quantitative estimate of drug-likeness (QED) is 0.676. The van der Waals surface area contributed by atoms with Crippen molar-refractivity contribution in [1.29, 1.82) is 0 Å².